The molecule has 1 N–H and O–H groups in total. The van der Waals surface area contributed by atoms with Crippen molar-refractivity contribution in [2.45, 2.75) is 25.5 Å². The summed E-state index contributed by atoms with van der Waals surface area (Å²) in [5.74, 6) is 0.953. The second-order valence-corrected chi connectivity index (χ2v) is 5.06. The van der Waals surface area contributed by atoms with Gasteiger partial charge in [-0.05, 0) is 30.5 Å². The fourth-order valence-corrected chi connectivity index (χ4v) is 2.60. The molecule has 1 heterocycles. The smallest absolute Gasteiger partial charge is 0.200 e. The van der Waals surface area contributed by atoms with Crippen molar-refractivity contribution in [2.24, 2.45) is 0 Å². The minimum Gasteiger partial charge on any atom is -0.502 e. The van der Waals surface area contributed by atoms with Crippen molar-refractivity contribution in [1.29, 1.82) is 0 Å². The van der Waals surface area contributed by atoms with E-state index in [0.717, 1.165) is 38.0 Å². The van der Waals surface area contributed by atoms with E-state index in [2.05, 4.69) is 4.90 Å². The fourth-order valence-electron chi connectivity index (χ4n) is 2.60. The van der Waals surface area contributed by atoms with Crippen molar-refractivity contribution >= 4 is 0 Å². The molecular weight excluding hydrogens is 258 g/mol. The Labute approximate surface area is 120 Å². The summed E-state index contributed by atoms with van der Waals surface area (Å²) in [6.45, 7) is 2.86. The van der Waals surface area contributed by atoms with Gasteiger partial charge < -0.3 is 19.3 Å². The summed E-state index contributed by atoms with van der Waals surface area (Å²) in [6.07, 6.45) is 2.50. The molecule has 5 nitrogen and oxygen atoms in total. The molecule has 2 rings (SSSR count). The maximum absolute atomic E-state index is 9.91. The van der Waals surface area contributed by atoms with Gasteiger partial charge in [0.25, 0.3) is 0 Å². The van der Waals surface area contributed by atoms with Crippen LogP contribution in [0.4, 0.5) is 0 Å². The zero-order chi connectivity index (χ0) is 14.5. The number of rotatable bonds is 5. The van der Waals surface area contributed by atoms with Crippen LogP contribution in [0.25, 0.3) is 0 Å². The zero-order valence-corrected chi connectivity index (χ0v) is 12.4. The van der Waals surface area contributed by atoms with Crippen molar-refractivity contribution in [1.82, 2.24) is 4.90 Å². The Balaban J connectivity index is 2.06. The van der Waals surface area contributed by atoms with E-state index in [0.29, 0.717) is 17.6 Å². The Kier molecular flexibility index (Phi) is 5.09. The molecule has 1 aromatic carbocycles. The van der Waals surface area contributed by atoms with Gasteiger partial charge in [-0.15, -0.1) is 0 Å². The van der Waals surface area contributed by atoms with Gasteiger partial charge >= 0.3 is 0 Å². The Morgan fingerprint density at radius 2 is 1.65 bits per heavy atom. The number of likely N-dealkylation sites (tertiary alicyclic amines) is 1. The molecule has 1 saturated heterocycles. The summed E-state index contributed by atoms with van der Waals surface area (Å²) in [5, 5.41) is 9.91. The monoisotopic (exact) mass is 281 g/mol. The average Bonchev–Trinajstić information content (AvgIpc) is 2.49. The maximum atomic E-state index is 9.91. The van der Waals surface area contributed by atoms with E-state index < -0.39 is 0 Å². The molecule has 20 heavy (non-hydrogen) atoms. The number of nitrogens with zero attached hydrogens (tertiary/aromatic N) is 1. The Hall–Kier alpha value is -1.46. The molecule has 0 spiro atoms. The third-order valence-corrected chi connectivity index (χ3v) is 3.81. The molecule has 112 valence electrons. The van der Waals surface area contributed by atoms with Crippen LogP contribution in [-0.4, -0.2) is 50.5 Å². The molecule has 1 aliphatic heterocycles. The van der Waals surface area contributed by atoms with Gasteiger partial charge in [-0.25, -0.2) is 0 Å². The van der Waals surface area contributed by atoms with Gasteiger partial charge in [-0.1, -0.05) is 0 Å². The molecule has 0 aliphatic carbocycles. The van der Waals surface area contributed by atoms with Gasteiger partial charge in [0.2, 0.25) is 5.75 Å². The lowest BCUT2D eigenvalue weighted by Gasteiger charge is -2.31. The third-order valence-electron chi connectivity index (χ3n) is 3.81. The van der Waals surface area contributed by atoms with Crippen LogP contribution in [0.3, 0.4) is 0 Å². The summed E-state index contributed by atoms with van der Waals surface area (Å²) in [7, 11) is 4.86. The molecule has 0 saturated carbocycles. The molecule has 0 radical (unpaired) electrons. The second kappa shape index (κ2) is 6.81. The first-order chi connectivity index (χ1) is 9.67. The number of aromatic hydroxyl groups is 1. The fraction of sp³-hybridized carbons (Fsp3) is 0.600. The van der Waals surface area contributed by atoms with E-state index in [-0.39, 0.29) is 5.75 Å². The number of benzene rings is 1. The van der Waals surface area contributed by atoms with Crippen LogP contribution in [0.1, 0.15) is 18.4 Å². The van der Waals surface area contributed by atoms with Gasteiger partial charge in [0, 0.05) is 26.7 Å². The summed E-state index contributed by atoms with van der Waals surface area (Å²) < 4.78 is 15.7. The van der Waals surface area contributed by atoms with Crippen LogP contribution in [0.2, 0.25) is 0 Å². The van der Waals surface area contributed by atoms with Crippen LogP contribution in [0, 0.1) is 0 Å². The first kappa shape index (κ1) is 14.9. The van der Waals surface area contributed by atoms with E-state index in [9.17, 15) is 5.11 Å². The second-order valence-electron chi connectivity index (χ2n) is 5.06. The number of methoxy groups -OCH3 is 3. The van der Waals surface area contributed by atoms with E-state index in [1.165, 1.54) is 0 Å². The lowest BCUT2D eigenvalue weighted by Crippen LogP contribution is -2.36. The van der Waals surface area contributed by atoms with Crippen molar-refractivity contribution in [3.63, 3.8) is 0 Å². The molecule has 1 fully saturated rings. The van der Waals surface area contributed by atoms with Gasteiger partial charge in [-0.2, -0.15) is 0 Å². The van der Waals surface area contributed by atoms with Gasteiger partial charge in [0.1, 0.15) is 0 Å². The predicted octanol–water partition coefficient (Wildman–Crippen LogP) is 2.02. The number of phenols is 1. The minimum absolute atomic E-state index is 0.0526. The van der Waals surface area contributed by atoms with Gasteiger partial charge in [-0.3, -0.25) is 4.90 Å². The lowest BCUT2D eigenvalue weighted by molar-refractivity contribution is 0.0388. The van der Waals surface area contributed by atoms with Crippen LogP contribution in [0.5, 0.6) is 17.2 Å². The Morgan fingerprint density at radius 3 is 2.10 bits per heavy atom. The lowest BCUT2D eigenvalue weighted by atomic mass is 10.1. The number of ether oxygens (including phenoxy) is 3. The molecule has 0 unspecified atom stereocenters. The normalized spacial score (nSPS) is 17.1. The molecule has 0 amide bonds. The number of hydrogen-bond donors (Lipinski definition) is 1. The molecule has 0 aromatic heterocycles. The number of phenolic OH excluding ortho intramolecular Hbond substituents is 1. The highest BCUT2D eigenvalue weighted by atomic mass is 16.5. The summed E-state index contributed by atoms with van der Waals surface area (Å²) >= 11 is 0. The van der Waals surface area contributed by atoms with E-state index in [1.54, 1.807) is 21.3 Å². The van der Waals surface area contributed by atoms with Crippen molar-refractivity contribution in [3.8, 4) is 17.2 Å². The Morgan fingerprint density at radius 1 is 1.10 bits per heavy atom. The molecular formula is C15H23NO4. The third kappa shape index (κ3) is 3.35. The Bertz CT molecular complexity index is 416. The summed E-state index contributed by atoms with van der Waals surface area (Å²) in [5.41, 5.74) is 1.08. The summed E-state index contributed by atoms with van der Waals surface area (Å²) in [6, 6.07) is 3.72. The van der Waals surface area contributed by atoms with E-state index in [4.69, 9.17) is 14.2 Å². The maximum Gasteiger partial charge on any atom is 0.200 e. The topological polar surface area (TPSA) is 51.2 Å². The molecule has 0 bridgehead atoms. The van der Waals surface area contributed by atoms with Crippen molar-refractivity contribution in [2.75, 3.05) is 34.4 Å². The number of hydrogen-bond acceptors (Lipinski definition) is 5. The summed E-state index contributed by atoms with van der Waals surface area (Å²) in [4.78, 5) is 2.38. The first-order valence-corrected chi connectivity index (χ1v) is 6.87. The standard InChI is InChI=1S/C15H23NO4/c1-18-12-4-6-16(7-5-12)10-11-8-13(19-2)15(17)14(9-11)20-3/h8-9,12,17H,4-7,10H2,1-3H3. The first-order valence-electron chi connectivity index (χ1n) is 6.87. The molecule has 5 heteroatoms. The van der Waals surface area contributed by atoms with E-state index in [1.807, 2.05) is 12.1 Å². The van der Waals surface area contributed by atoms with Crippen LogP contribution in [-0.2, 0) is 11.3 Å². The van der Waals surface area contributed by atoms with Crippen LogP contribution in [0.15, 0.2) is 12.1 Å². The quantitative estimate of drug-likeness (QED) is 0.895. The highest BCUT2D eigenvalue weighted by Gasteiger charge is 2.20. The van der Waals surface area contributed by atoms with E-state index >= 15 is 0 Å². The zero-order valence-electron chi connectivity index (χ0n) is 12.4. The van der Waals surface area contributed by atoms with Crippen LogP contribution >= 0.6 is 0 Å². The predicted molar refractivity (Wildman–Crippen MR) is 76.5 cm³/mol. The number of piperidine rings is 1. The highest BCUT2D eigenvalue weighted by molar-refractivity contribution is 5.52. The van der Waals surface area contributed by atoms with Gasteiger partial charge in [0.15, 0.2) is 11.5 Å². The SMILES string of the molecule is COc1cc(CN2CCC(OC)CC2)cc(OC)c1O. The average molecular weight is 281 g/mol. The largest absolute Gasteiger partial charge is 0.502 e. The van der Waals surface area contributed by atoms with Crippen molar-refractivity contribution < 1.29 is 19.3 Å². The molecule has 1 aromatic rings. The van der Waals surface area contributed by atoms with Gasteiger partial charge in [0.05, 0.1) is 20.3 Å². The van der Waals surface area contributed by atoms with Crippen LogP contribution < -0.4 is 9.47 Å². The highest BCUT2D eigenvalue weighted by Crippen LogP contribution is 2.37. The molecule has 1 aliphatic rings. The molecule has 0 atom stereocenters. The van der Waals surface area contributed by atoms with Crippen molar-refractivity contribution in [3.05, 3.63) is 17.7 Å². The minimum atomic E-state index is 0.0526.